The van der Waals surface area contributed by atoms with E-state index in [1.165, 1.54) is 0 Å². The van der Waals surface area contributed by atoms with Crippen molar-refractivity contribution in [1.29, 1.82) is 0 Å². The van der Waals surface area contributed by atoms with Gasteiger partial charge in [-0.1, -0.05) is 42.5 Å². The van der Waals surface area contributed by atoms with E-state index in [-0.39, 0.29) is 37.0 Å². The molecule has 0 fully saturated rings. The highest BCUT2D eigenvalue weighted by Crippen LogP contribution is 2.37. The zero-order valence-electron chi connectivity index (χ0n) is 19.9. The number of ether oxygens (including phenoxy) is 2. The van der Waals surface area contributed by atoms with Crippen LogP contribution in [0.25, 0.3) is 0 Å². The molecule has 180 valence electrons. The summed E-state index contributed by atoms with van der Waals surface area (Å²) in [7, 11) is 0. The van der Waals surface area contributed by atoms with E-state index in [0.29, 0.717) is 13.0 Å². The molecular weight excluding hydrogens is 434 g/mol. The minimum atomic E-state index is -1.60. The maximum atomic E-state index is 13.7. The van der Waals surface area contributed by atoms with Gasteiger partial charge >= 0.3 is 5.97 Å². The Kier molecular flexibility index (Phi) is 7.99. The second kappa shape index (κ2) is 10.7. The summed E-state index contributed by atoms with van der Waals surface area (Å²) in [4.78, 5) is 52.5. The lowest BCUT2D eigenvalue weighted by Gasteiger charge is -2.40. The Morgan fingerprint density at radius 2 is 1.50 bits per heavy atom. The van der Waals surface area contributed by atoms with Crippen LogP contribution in [0.15, 0.2) is 54.6 Å². The first-order valence-corrected chi connectivity index (χ1v) is 11.5. The van der Waals surface area contributed by atoms with Gasteiger partial charge in [-0.25, -0.2) is 4.79 Å². The lowest BCUT2D eigenvalue weighted by molar-refractivity contribution is -0.169. The predicted octanol–water partition coefficient (Wildman–Crippen LogP) is 4.34. The van der Waals surface area contributed by atoms with Crippen LogP contribution in [-0.4, -0.2) is 46.7 Å². The minimum absolute atomic E-state index is 0.0546. The van der Waals surface area contributed by atoms with Crippen molar-refractivity contribution in [2.24, 2.45) is 0 Å². The van der Waals surface area contributed by atoms with Crippen molar-refractivity contribution in [2.45, 2.75) is 64.2 Å². The second-order valence-corrected chi connectivity index (χ2v) is 9.37. The molecule has 0 aliphatic carbocycles. The summed E-state index contributed by atoms with van der Waals surface area (Å²) in [5.74, 6) is -1.76. The van der Waals surface area contributed by atoms with Gasteiger partial charge in [0, 0.05) is 19.4 Å². The number of imide groups is 1. The summed E-state index contributed by atoms with van der Waals surface area (Å²) in [6, 6.07) is 16.1. The maximum Gasteiger partial charge on any atom is 0.333 e. The highest BCUT2D eigenvalue weighted by molar-refractivity contribution is 6.23. The first-order chi connectivity index (χ1) is 16.2. The topological polar surface area (TPSA) is 90.0 Å². The van der Waals surface area contributed by atoms with Gasteiger partial charge in [0.2, 0.25) is 0 Å². The molecule has 0 saturated carbocycles. The average Bonchev–Trinajstić information content (AvgIpc) is 3.06. The Morgan fingerprint density at radius 3 is 2.06 bits per heavy atom. The van der Waals surface area contributed by atoms with Crippen molar-refractivity contribution in [1.82, 2.24) is 4.90 Å². The molecule has 1 aliphatic heterocycles. The van der Waals surface area contributed by atoms with Gasteiger partial charge in [-0.3, -0.25) is 14.5 Å². The van der Waals surface area contributed by atoms with Crippen molar-refractivity contribution in [3.05, 3.63) is 71.3 Å². The van der Waals surface area contributed by atoms with Crippen LogP contribution in [-0.2, 0) is 25.7 Å². The van der Waals surface area contributed by atoms with Crippen LogP contribution in [0.4, 0.5) is 0 Å². The van der Waals surface area contributed by atoms with E-state index in [4.69, 9.17) is 9.47 Å². The normalized spacial score (nSPS) is 15.1. The van der Waals surface area contributed by atoms with Crippen molar-refractivity contribution >= 4 is 24.1 Å². The van der Waals surface area contributed by atoms with Crippen molar-refractivity contribution < 1.29 is 28.7 Å². The van der Waals surface area contributed by atoms with Crippen LogP contribution in [0.5, 0.6) is 0 Å². The van der Waals surface area contributed by atoms with E-state index < -0.39 is 28.9 Å². The van der Waals surface area contributed by atoms with Gasteiger partial charge in [0.05, 0.1) is 17.7 Å². The molecule has 1 heterocycles. The first kappa shape index (κ1) is 25.3. The number of rotatable bonds is 11. The van der Waals surface area contributed by atoms with Crippen molar-refractivity contribution in [2.75, 3.05) is 6.61 Å². The Morgan fingerprint density at radius 1 is 0.912 bits per heavy atom. The van der Waals surface area contributed by atoms with Gasteiger partial charge in [0.25, 0.3) is 11.8 Å². The van der Waals surface area contributed by atoms with Crippen LogP contribution in [0.1, 0.15) is 72.7 Å². The van der Waals surface area contributed by atoms with Gasteiger partial charge in [-0.2, -0.15) is 0 Å². The highest BCUT2D eigenvalue weighted by atomic mass is 16.6. The minimum Gasteiger partial charge on any atom is -0.458 e. The fourth-order valence-electron chi connectivity index (χ4n) is 4.08. The summed E-state index contributed by atoms with van der Waals surface area (Å²) in [5, 5.41) is 0. The van der Waals surface area contributed by atoms with Crippen LogP contribution in [0.2, 0.25) is 0 Å². The molecule has 2 aromatic carbocycles. The van der Waals surface area contributed by atoms with Gasteiger partial charge in [-0.15, -0.1) is 0 Å². The largest absolute Gasteiger partial charge is 0.458 e. The first-order valence-electron chi connectivity index (χ1n) is 11.5. The van der Waals surface area contributed by atoms with Crippen LogP contribution in [0, 0.1) is 0 Å². The summed E-state index contributed by atoms with van der Waals surface area (Å²) >= 11 is 0. The number of esters is 1. The fourth-order valence-corrected chi connectivity index (χ4v) is 4.08. The number of amides is 2. The molecule has 1 unspecified atom stereocenters. The lowest BCUT2D eigenvalue weighted by Crippen LogP contribution is -2.59. The summed E-state index contributed by atoms with van der Waals surface area (Å²) in [6.07, 6.45) is 1.42. The van der Waals surface area contributed by atoms with E-state index >= 15 is 0 Å². The number of fused-ring (bicyclic) bond motifs is 1. The second-order valence-electron chi connectivity index (χ2n) is 9.37. The number of carbonyl (C=O) groups excluding carboxylic acids is 4. The number of unbranched alkanes of at least 4 members (excludes halogenated alkanes) is 1. The van der Waals surface area contributed by atoms with Crippen molar-refractivity contribution in [3.63, 3.8) is 0 Å². The third-order valence-corrected chi connectivity index (χ3v) is 5.68. The number of carbonyl (C=O) groups is 4. The molecule has 0 radical (unpaired) electrons. The van der Waals surface area contributed by atoms with Crippen molar-refractivity contribution in [3.8, 4) is 0 Å². The Balaban J connectivity index is 1.94. The van der Waals surface area contributed by atoms with Gasteiger partial charge < -0.3 is 14.3 Å². The monoisotopic (exact) mass is 465 g/mol. The molecule has 7 heteroatoms. The standard InChI is InChI=1S/C27H31NO6/c1-26(2,3)34-25(32)27(15-9-10-17-29,16-18-33-19-20-11-5-4-6-12-20)28-23(30)21-13-7-8-14-22(21)24(28)31/h4-8,11-14,17H,9-10,15-16,18-19H2,1-3H3. The van der Waals surface area contributed by atoms with E-state index in [0.717, 1.165) is 16.7 Å². The number of benzene rings is 2. The number of aldehydes is 1. The van der Waals surface area contributed by atoms with E-state index in [1.807, 2.05) is 30.3 Å². The fraction of sp³-hybridized carbons (Fsp3) is 0.407. The van der Waals surface area contributed by atoms with Gasteiger partial charge in [-0.05, 0) is 51.3 Å². The lowest BCUT2D eigenvalue weighted by atomic mass is 9.86. The number of nitrogens with zero attached hydrogens (tertiary/aromatic N) is 1. The van der Waals surface area contributed by atoms with E-state index in [1.54, 1.807) is 45.0 Å². The number of hydrogen-bond acceptors (Lipinski definition) is 6. The maximum absolute atomic E-state index is 13.7. The molecule has 7 nitrogen and oxygen atoms in total. The third kappa shape index (κ3) is 5.59. The molecule has 34 heavy (non-hydrogen) atoms. The molecule has 0 N–H and O–H groups in total. The molecule has 0 bridgehead atoms. The summed E-state index contributed by atoms with van der Waals surface area (Å²) in [6.45, 7) is 5.63. The molecule has 0 aromatic heterocycles. The molecule has 1 atom stereocenters. The molecule has 1 aliphatic rings. The highest BCUT2D eigenvalue weighted by Gasteiger charge is 2.54. The van der Waals surface area contributed by atoms with E-state index in [9.17, 15) is 19.2 Å². The van der Waals surface area contributed by atoms with Crippen LogP contribution >= 0.6 is 0 Å². The smallest absolute Gasteiger partial charge is 0.333 e. The Hall–Kier alpha value is -3.32. The number of hydrogen-bond donors (Lipinski definition) is 0. The summed E-state index contributed by atoms with van der Waals surface area (Å²) in [5.41, 5.74) is -0.967. The molecule has 2 amide bonds. The third-order valence-electron chi connectivity index (χ3n) is 5.68. The molecule has 0 saturated heterocycles. The quantitative estimate of drug-likeness (QED) is 0.212. The van der Waals surface area contributed by atoms with Crippen LogP contribution < -0.4 is 0 Å². The molecule has 3 rings (SSSR count). The SMILES string of the molecule is CC(C)(C)OC(=O)C(CCCC=O)(CCOCc1ccccc1)N1C(=O)c2ccccc2C1=O. The van der Waals surface area contributed by atoms with Crippen LogP contribution in [0.3, 0.4) is 0 Å². The van der Waals surface area contributed by atoms with Gasteiger partial charge in [0.15, 0.2) is 5.54 Å². The van der Waals surface area contributed by atoms with Gasteiger partial charge in [0.1, 0.15) is 11.9 Å². The molecule has 0 spiro atoms. The zero-order valence-corrected chi connectivity index (χ0v) is 19.9. The summed E-state index contributed by atoms with van der Waals surface area (Å²) < 4.78 is 11.6. The Bertz CT molecular complexity index is 1010. The van der Waals surface area contributed by atoms with E-state index in [2.05, 4.69) is 0 Å². The zero-order chi connectivity index (χ0) is 24.8. The Labute approximate surface area is 200 Å². The predicted molar refractivity (Wildman–Crippen MR) is 126 cm³/mol. The molecular formula is C27H31NO6. The molecule has 2 aromatic rings. The average molecular weight is 466 g/mol.